The van der Waals surface area contributed by atoms with Crippen molar-refractivity contribution in [1.29, 1.82) is 0 Å². The maximum Gasteiger partial charge on any atom is 0.250 e. The number of benzene rings is 2. The smallest absolute Gasteiger partial charge is 0.250 e. The number of nitrogens with two attached hydrogens (primary N) is 3. The van der Waals surface area contributed by atoms with Gasteiger partial charge in [0, 0.05) is 41.5 Å². The SMILES string of the molecule is NC[C@]1(c2ccccc2F)[C@@H]2CCN(c3cnc(Sc4ccc(C(N)=O)c5ncccc45)c(N)n3)C[C@@H]21. The molecule has 6 rings (SSSR count). The molecule has 6 N–H and O–H groups in total. The Kier molecular flexibility index (Phi) is 5.73. The van der Waals surface area contributed by atoms with Crippen molar-refractivity contribution in [3.05, 3.63) is 77.9 Å². The predicted molar refractivity (Wildman–Crippen MR) is 142 cm³/mol. The lowest BCUT2D eigenvalue weighted by molar-refractivity contribution is 0.100. The first-order chi connectivity index (χ1) is 17.9. The second-order valence-corrected chi connectivity index (χ2v) is 10.6. The highest BCUT2D eigenvalue weighted by Crippen LogP contribution is 2.63. The molecule has 1 saturated carbocycles. The van der Waals surface area contributed by atoms with E-state index in [4.69, 9.17) is 17.2 Å². The fourth-order valence-corrected chi connectivity index (χ4v) is 6.86. The summed E-state index contributed by atoms with van der Waals surface area (Å²) in [5, 5.41) is 1.35. The summed E-state index contributed by atoms with van der Waals surface area (Å²) in [5.74, 6) is 0.902. The topological polar surface area (TPSA) is 137 Å². The van der Waals surface area contributed by atoms with Gasteiger partial charge in [-0.1, -0.05) is 36.0 Å². The Hall–Kier alpha value is -3.76. The fourth-order valence-electron chi connectivity index (χ4n) is 5.99. The minimum absolute atomic E-state index is 0.189. The van der Waals surface area contributed by atoms with Gasteiger partial charge in [-0.2, -0.15) is 0 Å². The van der Waals surface area contributed by atoms with Crippen molar-refractivity contribution in [2.75, 3.05) is 30.3 Å². The van der Waals surface area contributed by atoms with E-state index in [9.17, 15) is 9.18 Å². The summed E-state index contributed by atoms with van der Waals surface area (Å²) in [5.41, 5.74) is 19.4. The van der Waals surface area contributed by atoms with Crippen molar-refractivity contribution in [1.82, 2.24) is 15.0 Å². The van der Waals surface area contributed by atoms with E-state index in [-0.39, 0.29) is 17.2 Å². The van der Waals surface area contributed by atoms with Crippen molar-refractivity contribution in [2.24, 2.45) is 23.3 Å². The van der Waals surface area contributed by atoms with Crippen LogP contribution in [0.1, 0.15) is 22.3 Å². The van der Waals surface area contributed by atoms with Gasteiger partial charge in [-0.15, -0.1) is 0 Å². The standard InChI is InChI=1S/C27H26FN7OS/c28-20-6-2-1-5-18(20)27(14-29)17-9-11-35(13-19(17)27)22-12-33-26(24(30)34-22)37-21-8-7-16(25(31)36)23-15(21)4-3-10-32-23/h1-8,10,12,17,19H,9,11,13-14,29H2,(H2,30,34)(H2,31,36)/t17-,19+,27-/m1/s1. The number of hydrogen-bond acceptors (Lipinski definition) is 8. The van der Waals surface area contributed by atoms with Gasteiger partial charge in [0.1, 0.15) is 16.7 Å². The molecule has 1 aliphatic carbocycles. The Bertz CT molecular complexity index is 1530. The molecule has 8 nitrogen and oxygen atoms in total. The first kappa shape index (κ1) is 23.6. The number of aromatic nitrogens is 3. The third kappa shape index (κ3) is 3.79. The summed E-state index contributed by atoms with van der Waals surface area (Å²) in [7, 11) is 0. The summed E-state index contributed by atoms with van der Waals surface area (Å²) in [6.45, 7) is 1.92. The van der Waals surface area contributed by atoms with E-state index in [2.05, 4.69) is 19.9 Å². The van der Waals surface area contributed by atoms with E-state index in [1.807, 2.05) is 24.3 Å². The van der Waals surface area contributed by atoms with Gasteiger partial charge in [0.2, 0.25) is 0 Å². The zero-order valence-electron chi connectivity index (χ0n) is 20.0. The lowest BCUT2D eigenvalue weighted by atomic mass is 9.91. The van der Waals surface area contributed by atoms with Gasteiger partial charge in [0.25, 0.3) is 5.91 Å². The number of carbonyl (C=O) groups is 1. The Morgan fingerprint density at radius 1 is 1.14 bits per heavy atom. The number of hydrogen-bond donors (Lipinski definition) is 3. The molecule has 1 saturated heterocycles. The number of halogens is 1. The van der Waals surface area contributed by atoms with Crippen LogP contribution in [0.4, 0.5) is 16.0 Å². The van der Waals surface area contributed by atoms with Crippen molar-refractivity contribution in [3.63, 3.8) is 0 Å². The average Bonchev–Trinajstić information content (AvgIpc) is 3.57. The molecule has 37 heavy (non-hydrogen) atoms. The van der Waals surface area contributed by atoms with Crippen molar-refractivity contribution in [3.8, 4) is 0 Å². The van der Waals surface area contributed by atoms with E-state index < -0.39 is 5.91 Å². The highest BCUT2D eigenvalue weighted by atomic mass is 32.2. The summed E-state index contributed by atoms with van der Waals surface area (Å²) in [6.07, 6.45) is 4.26. The molecule has 4 aromatic rings. The van der Waals surface area contributed by atoms with Gasteiger partial charge in [0.05, 0.1) is 17.3 Å². The summed E-state index contributed by atoms with van der Waals surface area (Å²) in [6, 6.07) is 14.1. The monoisotopic (exact) mass is 515 g/mol. The number of carbonyl (C=O) groups excluding carboxylic acids is 1. The maximum atomic E-state index is 14.7. The van der Waals surface area contributed by atoms with E-state index in [0.717, 1.165) is 35.4 Å². The molecular formula is C27H26FN7OS. The molecular weight excluding hydrogens is 489 g/mol. The van der Waals surface area contributed by atoms with Crippen LogP contribution < -0.4 is 22.1 Å². The number of nitrogen functional groups attached to an aromatic ring is 1. The van der Waals surface area contributed by atoms with Crippen molar-refractivity contribution < 1.29 is 9.18 Å². The van der Waals surface area contributed by atoms with Crippen molar-refractivity contribution in [2.45, 2.75) is 21.8 Å². The molecule has 0 bridgehead atoms. The number of fused-ring (bicyclic) bond motifs is 2. The molecule has 0 unspecified atom stereocenters. The van der Waals surface area contributed by atoms with Gasteiger partial charge in [-0.05, 0) is 48.1 Å². The Morgan fingerprint density at radius 2 is 1.97 bits per heavy atom. The second-order valence-electron chi connectivity index (χ2n) is 9.57. The van der Waals surface area contributed by atoms with E-state index in [1.54, 1.807) is 30.6 Å². The number of amides is 1. The minimum Gasteiger partial charge on any atom is -0.381 e. The first-order valence-corrected chi connectivity index (χ1v) is 12.9. The van der Waals surface area contributed by atoms with Gasteiger partial charge in [0.15, 0.2) is 5.82 Å². The Labute approximate surface area is 217 Å². The molecule has 3 atom stereocenters. The molecule has 0 radical (unpaired) electrons. The number of nitrogens with zero attached hydrogens (tertiary/aromatic N) is 4. The summed E-state index contributed by atoms with van der Waals surface area (Å²) in [4.78, 5) is 28.4. The van der Waals surface area contributed by atoms with Crippen LogP contribution in [-0.2, 0) is 5.41 Å². The van der Waals surface area contributed by atoms with Crippen LogP contribution in [0.3, 0.4) is 0 Å². The molecule has 188 valence electrons. The lowest BCUT2D eigenvalue weighted by Gasteiger charge is -2.27. The molecule has 2 aromatic carbocycles. The average molecular weight is 516 g/mol. The van der Waals surface area contributed by atoms with Gasteiger partial charge in [-0.25, -0.2) is 14.4 Å². The molecule has 1 amide bonds. The number of anilines is 2. The zero-order chi connectivity index (χ0) is 25.7. The highest BCUT2D eigenvalue weighted by Gasteiger charge is 2.66. The third-order valence-electron chi connectivity index (χ3n) is 7.82. The van der Waals surface area contributed by atoms with Gasteiger partial charge >= 0.3 is 0 Å². The largest absolute Gasteiger partial charge is 0.381 e. The molecule has 0 spiro atoms. The van der Waals surface area contributed by atoms with Gasteiger partial charge in [-0.3, -0.25) is 9.78 Å². The number of piperidine rings is 1. The van der Waals surface area contributed by atoms with Crippen molar-refractivity contribution >= 4 is 40.2 Å². The molecule has 10 heteroatoms. The maximum absolute atomic E-state index is 14.7. The molecule has 2 fully saturated rings. The van der Waals surface area contributed by atoms with E-state index in [0.29, 0.717) is 40.2 Å². The van der Waals surface area contributed by atoms with Crippen LogP contribution >= 0.6 is 11.8 Å². The molecule has 1 aliphatic heterocycles. The van der Waals surface area contributed by atoms with E-state index in [1.165, 1.54) is 17.8 Å². The predicted octanol–water partition coefficient (Wildman–Crippen LogP) is 3.35. The second kappa shape index (κ2) is 8.97. The summed E-state index contributed by atoms with van der Waals surface area (Å²) >= 11 is 1.36. The Balaban J connectivity index is 1.24. The van der Waals surface area contributed by atoms with Crippen LogP contribution in [-0.4, -0.2) is 40.5 Å². The normalized spacial score (nSPS) is 22.6. The molecule has 2 aromatic heterocycles. The summed E-state index contributed by atoms with van der Waals surface area (Å²) < 4.78 is 14.7. The van der Waals surface area contributed by atoms with Crippen LogP contribution in [0, 0.1) is 17.7 Å². The van der Waals surface area contributed by atoms with Crippen LogP contribution in [0.5, 0.6) is 0 Å². The van der Waals surface area contributed by atoms with Gasteiger partial charge < -0.3 is 22.1 Å². The first-order valence-electron chi connectivity index (χ1n) is 12.1. The number of pyridine rings is 1. The number of primary amides is 1. The number of rotatable bonds is 6. The zero-order valence-corrected chi connectivity index (χ0v) is 20.8. The third-order valence-corrected chi connectivity index (χ3v) is 8.90. The van der Waals surface area contributed by atoms with Crippen LogP contribution in [0.2, 0.25) is 0 Å². The van der Waals surface area contributed by atoms with E-state index >= 15 is 0 Å². The molecule has 2 aliphatic rings. The lowest BCUT2D eigenvalue weighted by Crippen LogP contribution is -2.33. The van der Waals surface area contributed by atoms with Crippen LogP contribution in [0.25, 0.3) is 10.9 Å². The quantitative estimate of drug-likeness (QED) is 0.356. The fraction of sp³-hybridized carbons (Fsp3) is 0.259. The highest BCUT2D eigenvalue weighted by molar-refractivity contribution is 7.99. The molecule has 3 heterocycles. The van der Waals surface area contributed by atoms with Crippen LogP contribution in [0.15, 0.2) is 70.8 Å². The minimum atomic E-state index is -0.531. The Morgan fingerprint density at radius 3 is 2.73 bits per heavy atom.